The first-order valence-electron chi connectivity index (χ1n) is 16.1. The molecule has 0 atom stereocenters. The third-order valence-electron chi connectivity index (χ3n) is 9.46. The third-order valence-corrected chi connectivity index (χ3v) is 9.46. The van der Waals surface area contributed by atoms with Crippen molar-refractivity contribution >= 4 is 66.7 Å². The molecule has 0 fully saturated rings. The molecule has 4 heteroatoms. The number of para-hydroxylation sites is 4. The van der Waals surface area contributed by atoms with E-state index in [2.05, 4.69) is 137 Å². The minimum Gasteiger partial charge on any atom is -0.454 e. The Labute approximate surface area is 277 Å². The Morgan fingerprint density at radius 1 is 0.667 bits per heavy atom. The quantitative estimate of drug-likeness (QED) is 0.193. The van der Waals surface area contributed by atoms with Crippen LogP contribution in [0.5, 0.6) is 0 Å². The van der Waals surface area contributed by atoms with Gasteiger partial charge in [-0.2, -0.15) is 5.26 Å². The molecule has 0 saturated heterocycles. The molecule has 0 bridgehead atoms. The Hall–Kier alpha value is -6.57. The summed E-state index contributed by atoms with van der Waals surface area (Å²) in [6.45, 7) is 6.08. The van der Waals surface area contributed by atoms with E-state index in [4.69, 9.17) is 4.42 Å². The van der Waals surface area contributed by atoms with Crippen LogP contribution in [0.15, 0.2) is 144 Å². The first-order chi connectivity index (χ1) is 23.7. The van der Waals surface area contributed by atoms with Gasteiger partial charge >= 0.3 is 0 Å². The summed E-state index contributed by atoms with van der Waals surface area (Å²) in [7, 11) is 0. The number of allylic oxidation sites excluding steroid dienone is 1. The number of nitriles is 1. The molecule has 0 unspecified atom stereocenters. The van der Waals surface area contributed by atoms with Gasteiger partial charge < -0.3 is 13.6 Å². The lowest BCUT2D eigenvalue weighted by Crippen LogP contribution is -2.01. The zero-order valence-electron chi connectivity index (χ0n) is 26.3. The van der Waals surface area contributed by atoms with Crippen LogP contribution in [0.25, 0.3) is 89.2 Å². The van der Waals surface area contributed by atoms with Crippen LogP contribution in [0.3, 0.4) is 0 Å². The molecule has 0 radical (unpaired) electrons. The molecule has 226 valence electrons. The first-order valence-corrected chi connectivity index (χ1v) is 16.1. The lowest BCUT2D eigenvalue weighted by molar-refractivity contribution is 0.605. The van der Waals surface area contributed by atoms with Crippen LogP contribution in [-0.4, -0.2) is 9.13 Å². The molecule has 0 aliphatic heterocycles. The number of rotatable bonds is 5. The topological polar surface area (TPSA) is 46.8 Å². The van der Waals surface area contributed by atoms with Crippen molar-refractivity contribution < 1.29 is 4.42 Å². The second kappa shape index (κ2) is 10.8. The van der Waals surface area contributed by atoms with Crippen molar-refractivity contribution in [2.45, 2.75) is 6.92 Å². The van der Waals surface area contributed by atoms with E-state index in [0.717, 1.165) is 77.6 Å². The van der Waals surface area contributed by atoms with Crippen molar-refractivity contribution in [1.29, 1.82) is 5.26 Å². The molecular formula is C44H29N3O. The molecule has 0 N–H and O–H groups in total. The summed E-state index contributed by atoms with van der Waals surface area (Å²) >= 11 is 0. The van der Waals surface area contributed by atoms with Crippen LogP contribution in [0.1, 0.15) is 23.8 Å². The molecule has 0 amide bonds. The summed E-state index contributed by atoms with van der Waals surface area (Å²) in [4.78, 5) is 0. The first kappa shape index (κ1) is 27.7. The van der Waals surface area contributed by atoms with Crippen LogP contribution < -0.4 is 0 Å². The predicted molar refractivity (Wildman–Crippen MR) is 200 cm³/mol. The van der Waals surface area contributed by atoms with Gasteiger partial charge in [0.05, 0.1) is 33.3 Å². The van der Waals surface area contributed by atoms with Gasteiger partial charge in [-0.25, -0.2) is 0 Å². The molecule has 3 aromatic heterocycles. The molecule has 0 saturated carbocycles. The minimum absolute atomic E-state index is 0.582. The summed E-state index contributed by atoms with van der Waals surface area (Å²) in [6, 6.07) is 46.9. The van der Waals surface area contributed by atoms with Gasteiger partial charge in [-0.3, -0.25) is 0 Å². The fourth-order valence-electron chi connectivity index (χ4n) is 7.48. The number of benzene rings is 6. The zero-order valence-corrected chi connectivity index (χ0v) is 26.3. The van der Waals surface area contributed by atoms with Gasteiger partial charge in [0.2, 0.25) is 0 Å². The van der Waals surface area contributed by atoms with Gasteiger partial charge in [-0.15, -0.1) is 0 Å². The van der Waals surface area contributed by atoms with Gasteiger partial charge in [0.25, 0.3) is 0 Å². The predicted octanol–water partition coefficient (Wildman–Crippen LogP) is 11.8. The molecule has 0 aliphatic carbocycles. The van der Waals surface area contributed by atoms with E-state index in [1.165, 1.54) is 10.8 Å². The highest BCUT2D eigenvalue weighted by Gasteiger charge is 2.23. The highest BCUT2D eigenvalue weighted by atomic mass is 16.3. The molecular weight excluding hydrogens is 587 g/mol. The fourth-order valence-corrected chi connectivity index (χ4v) is 7.48. The van der Waals surface area contributed by atoms with Gasteiger partial charge in [0.15, 0.2) is 5.58 Å². The van der Waals surface area contributed by atoms with Gasteiger partial charge in [-0.1, -0.05) is 104 Å². The Kier molecular flexibility index (Phi) is 6.21. The van der Waals surface area contributed by atoms with Gasteiger partial charge in [0, 0.05) is 43.7 Å². The van der Waals surface area contributed by atoms with Crippen molar-refractivity contribution in [3.63, 3.8) is 0 Å². The van der Waals surface area contributed by atoms with Crippen LogP contribution >= 0.6 is 0 Å². The molecule has 0 spiro atoms. The number of hydrogen-bond acceptors (Lipinski definition) is 2. The lowest BCUT2D eigenvalue weighted by Gasteiger charge is -2.17. The summed E-state index contributed by atoms with van der Waals surface area (Å²) in [6.07, 6.45) is 5.81. The van der Waals surface area contributed by atoms with E-state index in [-0.39, 0.29) is 0 Å². The summed E-state index contributed by atoms with van der Waals surface area (Å²) in [5, 5.41) is 16.2. The molecule has 6 aromatic carbocycles. The number of aromatic nitrogens is 2. The van der Waals surface area contributed by atoms with Crippen molar-refractivity contribution in [3.8, 4) is 28.6 Å². The Bertz CT molecular complexity index is 2780. The minimum atomic E-state index is 0.582. The SMILES string of the molecule is C=Cc1c(/C=C\C)oc2c1ccc1c3ccccc3n(-c3c(C#N)cccc3-c3cccc(-n4c5ccccc5c5ccccc54)c3)c12. The van der Waals surface area contributed by atoms with Crippen molar-refractivity contribution in [2.75, 3.05) is 0 Å². The molecule has 3 heterocycles. The monoisotopic (exact) mass is 615 g/mol. The standard InChI is InChI=1S/C44H29N3O/c1-3-13-41-31(4-2)37-25-24-36-35-19-7-10-23-40(35)47(43(36)44(37)48-41)42-29(27-45)15-12-20-32(42)28-14-11-16-30(26-28)46-38-21-8-5-17-33(38)34-18-6-9-22-39(34)46/h3-26H,2H2,1H3/b13-3-. The van der Waals surface area contributed by atoms with E-state index >= 15 is 0 Å². The number of fused-ring (bicyclic) bond motifs is 8. The average molecular weight is 616 g/mol. The van der Waals surface area contributed by atoms with E-state index in [0.29, 0.717) is 5.56 Å². The van der Waals surface area contributed by atoms with Crippen LogP contribution in [0.4, 0.5) is 0 Å². The van der Waals surface area contributed by atoms with Crippen molar-refractivity contribution in [2.24, 2.45) is 0 Å². The number of hydrogen-bond donors (Lipinski definition) is 0. The second-order valence-corrected chi connectivity index (χ2v) is 12.0. The number of nitrogens with zero attached hydrogens (tertiary/aromatic N) is 3. The lowest BCUT2D eigenvalue weighted by atomic mass is 9.99. The van der Waals surface area contributed by atoms with E-state index in [9.17, 15) is 5.26 Å². The molecule has 0 aliphatic rings. The normalized spacial score (nSPS) is 11.8. The van der Waals surface area contributed by atoms with Crippen LogP contribution in [-0.2, 0) is 0 Å². The van der Waals surface area contributed by atoms with Crippen LogP contribution in [0.2, 0.25) is 0 Å². The Morgan fingerprint density at radius 3 is 1.96 bits per heavy atom. The van der Waals surface area contributed by atoms with Gasteiger partial charge in [0.1, 0.15) is 11.8 Å². The van der Waals surface area contributed by atoms with Gasteiger partial charge in [-0.05, 0) is 61.0 Å². The smallest absolute Gasteiger partial charge is 0.160 e. The van der Waals surface area contributed by atoms with E-state index in [1.54, 1.807) is 0 Å². The molecule has 9 aromatic rings. The Morgan fingerprint density at radius 2 is 1.29 bits per heavy atom. The third kappa shape index (κ3) is 3.89. The fraction of sp³-hybridized carbons (Fsp3) is 0.0227. The maximum absolute atomic E-state index is 10.6. The molecule has 48 heavy (non-hydrogen) atoms. The van der Waals surface area contributed by atoms with Crippen LogP contribution in [0, 0.1) is 11.3 Å². The highest BCUT2D eigenvalue weighted by molar-refractivity contribution is 6.19. The summed E-state index contributed by atoms with van der Waals surface area (Å²) in [5.41, 5.74) is 10.4. The maximum atomic E-state index is 10.6. The number of furan rings is 1. The average Bonchev–Trinajstić information content (AvgIpc) is 3.78. The highest BCUT2D eigenvalue weighted by Crippen LogP contribution is 2.43. The Balaban J connectivity index is 1.37. The molecule has 4 nitrogen and oxygen atoms in total. The molecule has 9 rings (SSSR count). The summed E-state index contributed by atoms with van der Waals surface area (Å²) < 4.78 is 11.2. The van der Waals surface area contributed by atoms with Crippen molar-refractivity contribution in [3.05, 3.63) is 157 Å². The second-order valence-electron chi connectivity index (χ2n) is 12.0. The summed E-state index contributed by atoms with van der Waals surface area (Å²) in [5.74, 6) is 0.763. The van der Waals surface area contributed by atoms with E-state index in [1.807, 2.05) is 37.3 Å². The van der Waals surface area contributed by atoms with Crippen molar-refractivity contribution in [1.82, 2.24) is 9.13 Å². The zero-order chi connectivity index (χ0) is 32.4. The maximum Gasteiger partial charge on any atom is 0.160 e. The van der Waals surface area contributed by atoms with E-state index < -0.39 is 0 Å². The largest absolute Gasteiger partial charge is 0.454 e.